The van der Waals surface area contributed by atoms with Crippen LogP contribution in [0.15, 0.2) is 29.1 Å². The number of likely N-dealkylation sites (tertiary alicyclic amines) is 1. The van der Waals surface area contributed by atoms with E-state index in [0.29, 0.717) is 30.5 Å². The quantitative estimate of drug-likeness (QED) is 0.805. The second-order valence-corrected chi connectivity index (χ2v) is 9.49. The average Bonchev–Trinajstić information content (AvgIpc) is 2.75. The molecule has 2 amide bonds. The Morgan fingerprint density at radius 2 is 1.97 bits per heavy atom. The van der Waals surface area contributed by atoms with E-state index in [1.54, 1.807) is 12.1 Å². The third-order valence-electron chi connectivity index (χ3n) is 7.14. The molecule has 8 nitrogen and oxygen atoms in total. The first-order chi connectivity index (χ1) is 14.9. The summed E-state index contributed by atoms with van der Waals surface area (Å²) in [6, 6.07) is 7.53. The zero-order chi connectivity index (χ0) is 21.7. The maximum atomic E-state index is 13.4. The van der Waals surface area contributed by atoms with E-state index in [4.69, 9.17) is 0 Å². The van der Waals surface area contributed by atoms with Gasteiger partial charge in [0.1, 0.15) is 0 Å². The molecule has 3 fully saturated rings. The number of hydrogen-bond acceptors (Lipinski definition) is 5. The predicted molar refractivity (Wildman–Crippen MR) is 117 cm³/mol. The number of para-hydroxylation sites is 2. The molecule has 1 aromatic heterocycles. The number of piperidine rings is 3. The van der Waals surface area contributed by atoms with Crippen LogP contribution in [0.3, 0.4) is 0 Å². The summed E-state index contributed by atoms with van der Waals surface area (Å²) in [4.78, 5) is 52.1. The van der Waals surface area contributed by atoms with Crippen LogP contribution in [0.4, 0.5) is 0 Å². The van der Waals surface area contributed by atoms with Crippen LogP contribution >= 0.6 is 0 Å². The molecule has 2 bridgehead atoms. The molecule has 3 saturated heterocycles. The van der Waals surface area contributed by atoms with E-state index in [1.807, 2.05) is 31.1 Å². The van der Waals surface area contributed by atoms with Gasteiger partial charge in [-0.15, -0.1) is 0 Å². The number of benzene rings is 1. The second kappa shape index (κ2) is 7.75. The maximum Gasteiger partial charge on any atom is 0.280 e. The van der Waals surface area contributed by atoms with E-state index in [1.165, 1.54) is 0 Å². The van der Waals surface area contributed by atoms with E-state index < -0.39 is 5.56 Å². The van der Waals surface area contributed by atoms with Crippen molar-refractivity contribution in [2.45, 2.75) is 37.8 Å². The first-order valence-electron chi connectivity index (χ1n) is 11.2. The van der Waals surface area contributed by atoms with E-state index in [2.05, 4.69) is 19.8 Å². The third-order valence-corrected chi connectivity index (χ3v) is 7.14. The lowest BCUT2D eigenvalue weighted by Gasteiger charge is -2.57. The molecule has 164 valence electrons. The van der Waals surface area contributed by atoms with Gasteiger partial charge in [0.25, 0.3) is 11.5 Å². The fourth-order valence-electron chi connectivity index (χ4n) is 5.87. The molecule has 0 saturated carbocycles. The highest BCUT2D eigenvalue weighted by Gasteiger charge is 2.50. The monoisotopic (exact) mass is 423 g/mol. The van der Waals surface area contributed by atoms with E-state index in [-0.39, 0.29) is 41.4 Å². The molecule has 0 spiro atoms. The number of carbonyl (C=O) groups excluding carboxylic acids is 2. The summed E-state index contributed by atoms with van der Waals surface area (Å²) in [6.07, 6.45) is 3.55. The number of fused-ring (bicyclic) bond motifs is 5. The highest BCUT2D eigenvalue weighted by atomic mass is 16.2. The average molecular weight is 424 g/mol. The molecule has 1 N–H and O–H groups in total. The molecule has 4 heterocycles. The zero-order valence-electron chi connectivity index (χ0n) is 18.1. The lowest BCUT2D eigenvalue weighted by atomic mass is 9.72. The summed E-state index contributed by atoms with van der Waals surface area (Å²) < 4.78 is 0. The Bertz CT molecular complexity index is 1080. The Morgan fingerprint density at radius 1 is 1.19 bits per heavy atom. The normalized spacial score (nSPS) is 28.2. The SMILES string of the molecule is CN(C)C[C@H]1[C@H]2C[C@H](CN(C(=O)c3nc4ccccc4[nH]c3=O)C2)[C@@H]2CCCC(=O)N21. The summed E-state index contributed by atoms with van der Waals surface area (Å²) in [5.41, 5.74) is 0.748. The van der Waals surface area contributed by atoms with Gasteiger partial charge in [0.15, 0.2) is 5.69 Å². The van der Waals surface area contributed by atoms with Crippen LogP contribution in [0.5, 0.6) is 0 Å². The number of likely N-dealkylation sites (N-methyl/N-ethyl adjacent to an activating group) is 1. The summed E-state index contributed by atoms with van der Waals surface area (Å²) in [5, 5.41) is 0. The van der Waals surface area contributed by atoms with Crippen molar-refractivity contribution in [1.29, 1.82) is 0 Å². The van der Waals surface area contributed by atoms with Crippen LogP contribution in [0.25, 0.3) is 11.0 Å². The molecule has 4 atom stereocenters. The van der Waals surface area contributed by atoms with Crippen LogP contribution in [-0.2, 0) is 4.79 Å². The Hall–Kier alpha value is -2.74. The minimum Gasteiger partial charge on any atom is -0.336 e. The largest absolute Gasteiger partial charge is 0.336 e. The van der Waals surface area contributed by atoms with Crippen molar-refractivity contribution in [1.82, 2.24) is 24.7 Å². The van der Waals surface area contributed by atoms with Crippen molar-refractivity contribution in [3.05, 3.63) is 40.3 Å². The zero-order valence-corrected chi connectivity index (χ0v) is 18.1. The Kier molecular flexibility index (Phi) is 5.04. The van der Waals surface area contributed by atoms with Crippen LogP contribution in [0.1, 0.15) is 36.2 Å². The molecule has 5 rings (SSSR count). The molecule has 1 aromatic carbocycles. The number of aromatic nitrogens is 2. The molecule has 0 radical (unpaired) electrons. The first kappa shape index (κ1) is 20.2. The molecule has 8 heteroatoms. The molecule has 3 aliphatic heterocycles. The van der Waals surface area contributed by atoms with E-state index in [9.17, 15) is 14.4 Å². The minimum atomic E-state index is -0.446. The standard InChI is InChI=1S/C23H29N5O3/c1-26(2)13-19-15-10-14(18-8-5-9-20(29)28(18)19)11-27(12-15)23(31)21-22(30)25-17-7-4-3-6-16(17)24-21/h3-4,6-7,14-15,18-19H,5,8-13H2,1-2H3,(H,25,30)/t14-,15+,18+,19+/m1/s1. The van der Waals surface area contributed by atoms with Gasteiger partial charge in [-0.3, -0.25) is 14.4 Å². The lowest BCUT2D eigenvalue weighted by molar-refractivity contribution is -0.152. The fraction of sp³-hybridized carbons (Fsp3) is 0.565. The van der Waals surface area contributed by atoms with Gasteiger partial charge in [0.05, 0.1) is 11.0 Å². The highest BCUT2D eigenvalue weighted by molar-refractivity contribution is 5.93. The van der Waals surface area contributed by atoms with Crippen LogP contribution in [0, 0.1) is 11.8 Å². The molecule has 0 unspecified atom stereocenters. The molecular weight excluding hydrogens is 394 g/mol. The van der Waals surface area contributed by atoms with Crippen molar-refractivity contribution < 1.29 is 9.59 Å². The second-order valence-electron chi connectivity index (χ2n) is 9.49. The van der Waals surface area contributed by atoms with Crippen LogP contribution in [-0.4, -0.2) is 82.3 Å². The summed E-state index contributed by atoms with van der Waals surface area (Å²) in [6.45, 7) is 1.92. The Balaban J connectivity index is 1.46. The lowest BCUT2D eigenvalue weighted by Crippen LogP contribution is -2.67. The number of amides is 2. The van der Waals surface area contributed by atoms with E-state index >= 15 is 0 Å². The molecule has 3 aliphatic rings. The van der Waals surface area contributed by atoms with Gasteiger partial charge in [-0.2, -0.15) is 0 Å². The number of carbonyl (C=O) groups is 2. The highest BCUT2D eigenvalue weighted by Crippen LogP contribution is 2.41. The number of aromatic amines is 1. The van der Waals surface area contributed by atoms with Crippen molar-refractivity contribution >= 4 is 22.8 Å². The Morgan fingerprint density at radius 3 is 2.77 bits per heavy atom. The number of rotatable bonds is 3. The first-order valence-corrected chi connectivity index (χ1v) is 11.2. The van der Waals surface area contributed by atoms with Gasteiger partial charge in [-0.05, 0) is 57.3 Å². The van der Waals surface area contributed by atoms with Crippen molar-refractivity contribution in [3.63, 3.8) is 0 Å². The van der Waals surface area contributed by atoms with Gasteiger partial charge >= 0.3 is 0 Å². The summed E-state index contributed by atoms with van der Waals surface area (Å²) in [7, 11) is 4.06. The topological polar surface area (TPSA) is 89.6 Å². The van der Waals surface area contributed by atoms with Gasteiger partial charge in [0.2, 0.25) is 5.91 Å². The van der Waals surface area contributed by atoms with E-state index in [0.717, 1.165) is 25.8 Å². The maximum absolute atomic E-state index is 13.4. The Labute approximate surface area is 181 Å². The van der Waals surface area contributed by atoms with Crippen LogP contribution in [0.2, 0.25) is 0 Å². The molecule has 31 heavy (non-hydrogen) atoms. The van der Waals surface area contributed by atoms with Crippen molar-refractivity contribution in [2.75, 3.05) is 33.7 Å². The molecule has 2 aromatic rings. The van der Waals surface area contributed by atoms with Crippen molar-refractivity contribution in [2.24, 2.45) is 11.8 Å². The van der Waals surface area contributed by atoms with Crippen molar-refractivity contribution in [3.8, 4) is 0 Å². The number of H-pyrrole nitrogens is 1. The van der Waals surface area contributed by atoms with Gasteiger partial charge < -0.3 is 19.7 Å². The molecule has 0 aliphatic carbocycles. The summed E-state index contributed by atoms with van der Waals surface area (Å²) in [5.74, 6) is 0.416. The third kappa shape index (κ3) is 3.52. The van der Waals surface area contributed by atoms with Crippen LogP contribution < -0.4 is 5.56 Å². The number of nitrogens with zero attached hydrogens (tertiary/aromatic N) is 4. The van der Waals surface area contributed by atoms with Gasteiger partial charge in [-0.25, -0.2) is 4.98 Å². The number of hydrogen-bond donors (Lipinski definition) is 1. The smallest absolute Gasteiger partial charge is 0.280 e. The van der Waals surface area contributed by atoms with Gasteiger partial charge in [0, 0.05) is 38.1 Å². The summed E-state index contributed by atoms with van der Waals surface area (Å²) >= 11 is 0. The molecular formula is C23H29N5O3. The number of nitrogens with one attached hydrogen (secondary N) is 1. The van der Waals surface area contributed by atoms with Gasteiger partial charge in [-0.1, -0.05) is 12.1 Å². The fourth-order valence-corrected chi connectivity index (χ4v) is 5.87. The minimum absolute atomic E-state index is 0.0422. The predicted octanol–water partition coefficient (Wildman–Crippen LogP) is 1.33.